The van der Waals surface area contributed by atoms with Gasteiger partial charge in [-0.25, -0.2) is 8.42 Å². The molecule has 0 aliphatic carbocycles. The van der Waals surface area contributed by atoms with E-state index in [4.69, 9.17) is 5.73 Å². The van der Waals surface area contributed by atoms with E-state index in [1.807, 2.05) is 7.05 Å². The fourth-order valence-electron chi connectivity index (χ4n) is 3.99. The van der Waals surface area contributed by atoms with Crippen LogP contribution < -0.4 is 23.5 Å². The van der Waals surface area contributed by atoms with Crippen molar-refractivity contribution >= 4 is 49.5 Å². The Kier molecular flexibility index (Phi) is 7.44. The molecule has 0 atom stereocenters. The first kappa shape index (κ1) is 24.1. The van der Waals surface area contributed by atoms with Gasteiger partial charge in [-0.15, -0.1) is 22.7 Å². The van der Waals surface area contributed by atoms with Gasteiger partial charge in [0.15, 0.2) is 0 Å². The molecule has 0 saturated carbocycles. The number of rotatable bonds is 5. The predicted molar refractivity (Wildman–Crippen MR) is 117 cm³/mol. The lowest BCUT2D eigenvalue weighted by Gasteiger charge is -2.30. The molecule has 2 aliphatic rings. The van der Waals surface area contributed by atoms with Crippen LogP contribution in [-0.4, -0.2) is 56.1 Å². The van der Waals surface area contributed by atoms with E-state index < -0.39 is 15.9 Å². The lowest BCUT2D eigenvalue weighted by atomic mass is 9.97. The third-order valence-corrected chi connectivity index (χ3v) is 10.0. The number of hydrogen-bond donors (Lipinski definition) is 2. The molecule has 0 spiro atoms. The first-order chi connectivity index (χ1) is 14.3. The number of nitrogens with two attached hydrogens (primary N) is 1. The number of likely N-dealkylation sites (N-methyl/N-ethyl adjacent to an activating group) is 1. The van der Waals surface area contributed by atoms with Crippen molar-refractivity contribution in [3.63, 3.8) is 0 Å². The monoisotopic (exact) mass is 503 g/mol. The van der Waals surface area contributed by atoms with Crippen LogP contribution in [0.2, 0.25) is 0 Å². The summed E-state index contributed by atoms with van der Waals surface area (Å²) in [5.41, 5.74) is 6.98. The van der Waals surface area contributed by atoms with E-state index in [-0.39, 0.29) is 24.2 Å². The summed E-state index contributed by atoms with van der Waals surface area (Å²) in [6.07, 6.45) is 1.61. The number of hydrogen-bond acceptors (Lipinski definition) is 7. The van der Waals surface area contributed by atoms with Crippen LogP contribution in [0.15, 0.2) is 21.7 Å². The highest BCUT2D eigenvalue weighted by Crippen LogP contribution is 2.37. The van der Waals surface area contributed by atoms with Gasteiger partial charge in [-0.1, -0.05) is 6.07 Å². The summed E-state index contributed by atoms with van der Waals surface area (Å²) in [4.78, 5) is 28.1. The van der Waals surface area contributed by atoms with Gasteiger partial charge in [0, 0.05) is 37.0 Å². The summed E-state index contributed by atoms with van der Waals surface area (Å²) in [5, 5.41) is 5.16. The maximum absolute atomic E-state index is 12.9. The lowest BCUT2D eigenvalue weighted by molar-refractivity contribution is -0.120. The van der Waals surface area contributed by atoms with E-state index in [1.54, 1.807) is 17.5 Å². The number of thiophene rings is 2. The van der Waals surface area contributed by atoms with E-state index in [0.717, 1.165) is 30.0 Å². The molecule has 4 heterocycles. The Hall–Kier alpha value is -1.50. The van der Waals surface area contributed by atoms with Gasteiger partial charge < -0.3 is 28.4 Å². The van der Waals surface area contributed by atoms with Crippen LogP contribution in [0.1, 0.15) is 33.6 Å². The molecular weight excluding hydrogens is 480 g/mol. The Morgan fingerprint density at radius 3 is 2.55 bits per heavy atom. The number of amides is 2. The third kappa shape index (κ3) is 4.81. The molecule has 12 heteroatoms. The first-order valence-electron chi connectivity index (χ1n) is 9.74. The summed E-state index contributed by atoms with van der Waals surface area (Å²) < 4.78 is 27.1. The molecule has 0 radical (unpaired) electrons. The van der Waals surface area contributed by atoms with Crippen molar-refractivity contribution in [3.8, 4) is 0 Å². The largest absolute Gasteiger partial charge is 1.00 e. The molecule has 3 N–H and O–H groups in total. The Bertz CT molecular complexity index is 1060. The van der Waals surface area contributed by atoms with Gasteiger partial charge in [0.2, 0.25) is 5.91 Å². The van der Waals surface area contributed by atoms with Crippen LogP contribution in [0.5, 0.6) is 0 Å². The van der Waals surface area contributed by atoms with E-state index >= 15 is 0 Å². The van der Waals surface area contributed by atoms with Crippen molar-refractivity contribution in [1.29, 1.82) is 0 Å². The topological polar surface area (TPSA) is 113 Å². The number of piperidine rings is 1. The normalized spacial score (nSPS) is 18.2. The Balaban J connectivity index is 0.00000272. The molecule has 2 aromatic rings. The Morgan fingerprint density at radius 2 is 1.94 bits per heavy atom. The average Bonchev–Trinajstić information content (AvgIpc) is 3.36. The van der Waals surface area contributed by atoms with Crippen molar-refractivity contribution in [3.05, 3.63) is 33.5 Å². The zero-order valence-corrected chi connectivity index (χ0v) is 20.2. The molecule has 1 saturated heterocycles. The number of halogens is 1. The van der Waals surface area contributed by atoms with Crippen LogP contribution in [0, 0.1) is 5.92 Å². The maximum atomic E-state index is 12.9. The van der Waals surface area contributed by atoms with Crippen molar-refractivity contribution in [2.45, 2.75) is 30.0 Å². The van der Waals surface area contributed by atoms with Crippen LogP contribution in [0.4, 0.5) is 5.00 Å². The van der Waals surface area contributed by atoms with Crippen LogP contribution in [0.3, 0.4) is 0 Å². The Morgan fingerprint density at radius 1 is 1.23 bits per heavy atom. The van der Waals surface area contributed by atoms with E-state index in [1.165, 1.54) is 27.0 Å². The zero-order valence-electron chi connectivity index (χ0n) is 17.0. The summed E-state index contributed by atoms with van der Waals surface area (Å²) in [6.45, 7) is 2.17. The summed E-state index contributed by atoms with van der Waals surface area (Å²) in [7, 11) is -1.48. The highest BCUT2D eigenvalue weighted by Gasteiger charge is 2.34. The van der Waals surface area contributed by atoms with Crippen molar-refractivity contribution in [1.82, 2.24) is 9.21 Å². The summed E-state index contributed by atoms with van der Waals surface area (Å²) in [5.74, 6) is -1.01. The molecule has 0 unspecified atom stereocenters. The predicted octanol–water partition coefficient (Wildman–Crippen LogP) is -1.06. The highest BCUT2D eigenvalue weighted by atomic mass is 35.5. The molecule has 0 aromatic carbocycles. The van der Waals surface area contributed by atoms with Gasteiger partial charge >= 0.3 is 0 Å². The number of fused-ring (bicyclic) bond motifs is 1. The molecule has 8 nitrogen and oxygen atoms in total. The highest BCUT2D eigenvalue weighted by molar-refractivity contribution is 7.91. The smallest absolute Gasteiger partial charge is 0.252 e. The molecule has 2 aliphatic heterocycles. The SMILES string of the molecule is CN1CCc2c(sc(NC(=O)C3CCN(S(=O)(=O)c4cccs4)CC3)c2C(N)=O)C1.[Cl-]. The number of anilines is 1. The average molecular weight is 504 g/mol. The van der Waals surface area contributed by atoms with Gasteiger partial charge in [0.05, 0.1) is 5.56 Å². The fraction of sp³-hybridized carbons (Fsp3) is 0.474. The van der Waals surface area contributed by atoms with Gasteiger partial charge in [0.1, 0.15) is 9.21 Å². The van der Waals surface area contributed by atoms with Gasteiger partial charge in [-0.3, -0.25) is 9.59 Å². The van der Waals surface area contributed by atoms with Gasteiger partial charge in [0.25, 0.3) is 15.9 Å². The van der Waals surface area contributed by atoms with E-state index in [9.17, 15) is 18.0 Å². The van der Waals surface area contributed by atoms with Crippen molar-refractivity contribution < 1.29 is 30.4 Å². The first-order valence-corrected chi connectivity index (χ1v) is 12.9. The lowest BCUT2D eigenvalue weighted by Crippen LogP contribution is -3.00. The second-order valence-corrected chi connectivity index (χ2v) is 11.9. The molecule has 31 heavy (non-hydrogen) atoms. The molecule has 0 bridgehead atoms. The number of sulfonamides is 1. The van der Waals surface area contributed by atoms with Crippen LogP contribution in [0.25, 0.3) is 0 Å². The quantitative estimate of drug-likeness (QED) is 0.540. The molecule has 1 fully saturated rings. The minimum absolute atomic E-state index is 0. The number of primary amides is 1. The molecule has 4 rings (SSSR count). The minimum Gasteiger partial charge on any atom is -1.00 e. The van der Waals surface area contributed by atoms with Crippen molar-refractivity contribution in [2.75, 3.05) is 32.0 Å². The van der Waals surface area contributed by atoms with Crippen LogP contribution >= 0.6 is 22.7 Å². The fourth-order valence-corrected chi connectivity index (χ4v) is 7.94. The standard InChI is InChI=1S/C19H24N4O4S3.ClH/c1-22-7-6-13-14(11-22)29-19(16(13)17(20)24)21-18(25)12-4-8-23(9-5-12)30(26,27)15-3-2-10-28-15;/h2-3,10,12H,4-9,11H2,1H3,(H2,20,24)(H,21,25);1H/p-1. The zero-order chi connectivity index (χ0) is 21.5. The third-order valence-electron chi connectivity index (χ3n) is 5.64. The second kappa shape index (κ2) is 9.55. The number of nitrogens with zero attached hydrogens (tertiary/aromatic N) is 2. The molecule has 2 amide bonds. The minimum atomic E-state index is -3.50. The van der Waals surface area contributed by atoms with Crippen LogP contribution in [-0.2, 0) is 27.8 Å². The number of carbonyl (C=O) groups is 2. The number of carbonyl (C=O) groups excluding carboxylic acids is 2. The van der Waals surface area contributed by atoms with Gasteiger partial charge in [-0.2, -0.15) is 4.31 Å². The van der Waals surface area contributed by atoms with Gasteiger partial charge in [-0.05, 0) is 43.3 Å². The maximum Gasteiger partial charge on any atom is 0.252 e. The molecule has 2 aromatic heterocycles. The molecular formula is C19H24ClN4O4S3-. The van der Waals surface area contributed by atoms with Crippen molar-refractivity contribution in [2.24, 2.45) is 11.7 Å². The molecule has 170 valence electrons. The Labute approximate surface area is 195 Å². The van der Waals surface area contributed by atoms with E-state index in [0.29, 0.717) is 40.7 Å². The van der Waals surface area contributed by atoms with E-state index in [2.05, 4.69) is 10.2 Å². The summed E-state index contributed by atoms with van der Waals surface area (Å²) >= 11 is 2.61. The summed E-state index contributed by atoms with van der Waals surface area (Å²) in [6, 6.07) is 3.31. The second-order valence-electron chi connectivity index (χ2n) is 7.66. The number of nitrogens with one attached hydrogen (secondary N) is 1.